The van der Waals surface area contributed by atoms with Crippen LogP contribution in [0, 0.1) is 0 Å². The predicted octanol–water partition coefficient (Wildman–Crippen LogP) is 1.56. The fourth-order valence-electron chi connectivity index (χ4n) is 3.76. The molecule has 1 aromatic carbocycles. The number of thioether (sulfide) groups is 1. The smallest absolute Gasteiger partial charge is 0.226 e. The van der Waals surface area contributed by atoms with Crippen LogP contribution in [0.3, 0.4) is 0 Å². The molecule has 33 heavy (non-hydrogen) atoms. The molecule has 1 fully saturated rings. The highest BCUT2D eigenvalue weighted by Gasteiger charge is 2.44. The Labute approximate surface area is 197 Å². The number of H-pyrrole nitrogens is 1. The molecular weight excluding hydrogens is 470 g/mol. The number of aliphatic hydroxyl groups excluding tert-OH is 3. The van der Waals surface area contributed by atoms with Crippen LogP contribution in [0.2, 0.25) is 5.28 Å². The van der Waals surface area contributed by atoms with Gasteiger partial charge >= 0.3 is 0 Å². The maximum atomic E-state index is 10.4. The van der Waals surface area contributed by atoms with Crippen LogP contribution in [0.15, 0.2) is 35.7 Å². The van der Waals surface area contributed by atoms with Gasteiger partial charge in [0.05, 0.1) is 24.0 Å². The first-order valence-corrected chi connectivity index (χ1v) is 11.7. The largest absolute Gasteiger partial charge is 0.394 e. The fourth-order valence-corrected chi connectivity index (χ4v) is 4.76. The normalized spacial score (nSPS) is 24.0. The number of benzene rings is 1. The standard InChI is InChI=1S/C20H22ClN7O4S/c1-9(7-33-20-24-10-4-2-3-5-11(10)25-20)23-16-13-17(27-19(21)26-16)28(8-22-13)18-15(31)14(30)12(6-29)32-18/h2-5,8-9,12,14-15,18,29-31H,6-7H2,1H3,(H,24,25)(H,23,26,27)/t9-,12-,14-,15-,18-/m1/s1. The van der Waals surface area contributed by atoms with Gasteiger partial charge in [-0.3, -0.25) is 4.57 Å². The quantitative estimate of drug-likeness (QED) is 0.190. The molecule has 4 aromatic rings. The van der Waals surface area contributed by atoms with Gasteiger partial charge in [0.15, 0.2) is 28.4 Å². The number of hydrogen-bond donors (Lipinski definition) is 5. The molecule has 11 nitrogen and oxygen atoms in total. The van der Waals surface area contributed by atoms with Gasteiger partial charge in [-0.25, -0.2) is 9.97 Å². The van der Waals surface area contributed by atoms with E-state index in [4.69, 9.17) is 16.3 Å². The van der Waals surface area contributed by atoms with Crippen LogP contribution in [-0.2, 0) is 4.74 Å². The van der Waals surface area contributed by atoms with Gasteiger partial charge in [-0.1, -0.05) is 23.9 Å². The van der Waals surface area contributed by atoms with Crippen molar-refractivity contribution in [2.45, 2.75) is 42.7 Å². The number of halogens is 1. The summed E-state index contributed by atoms with van der Waals surface area (Å²) in [6.45, 7) is 1.57. The van der Waals surface area contributed by atoms with E-state index in [0.29, 0.717) is 22.7 Å². The molecular formula is C20H22ClN7O4S. The molecule has 0 unspecified atom stereocenters. The highest BCUT2D eigenvalue weighted by atomic mass is 35.5. The lowest BCUT2D eigenvalue weighted by Crippen LogP contribution is -2.33. The Morgan fingerprint density at radius 2 is 2.06 bits per heavy atom. The summed E-state index contributed by atoms with van der Waals surface area (Å²) < 4.78 is 7.07. The van der Waals surface area contributed by atoms with E-state index in [-0.39, 0.29) is 11.3 Å². The van der Waals surface area contributed by atoms with Crippen LogP contribution in [0.5, 0.6) is 0 Å². The molecule has 174 valence electrons. The Balaban J connectivity index is 1.34. The molecule has 1 aliphatic rings. The minimum Gasteiger partial charge on any atom is -0.394 e. The number of aromatic amines is 1. The number of nitrogens with one attached hydrogen (secondary N) is 2. The third-order valence-electron chi connectivity index (χ3n) is 5.41. The maximum absolute atomic E-state index is 10.4. The van der Waals surface area contributed by atoms with Crippen molar-refractivity contribution in [1.82, 2.24) is 29.5 Å². The SMILES string of the molecule is C[C@H](CSc1nc2ccccc2[nH]1)Nc1nc(Cl)nc2c1ncn2[C@@H]1O[C@H](CO)[C@@H](O)[C@H]1O. The number of para-hydroxylation sites is 2. The van der Waals surface area contributed by atoms with Crippen molar-refractivity contribution in [3.63, 3.8) is 0 Å². The number of nitrogens with zero attached hydrogens (tertiary/aromatic N) is 5. The molecule has 5 N–H and O–H groups in total. The van der Waals surface area contributed by atoms with Crippen LogP contribution in [0.4, 0.5) is 5.82 Å². The minimum absolute atomic E-state index is 0.00405. The zero-order valence-corrected chi connectivity index (χ0v) is 19.0. The van der Waals surface area contributed by atoms with Crippen molar-refractivity contribution in [2.75, 3.05) is 17.7 Å². The number of rotatable bonds is 7. The minimum atomic E-state index is -1.26. The van der Waals surface area contributed by atoms with Gasteiger partial charge in [0.1, 0.15) is 18.3 Å². The number of aliphatic hydroxyl groups is 3. The first-order chi connectivity index (χ1) is 15.9. The van der Waals surface area contributed by atoms with Crippen molar-refractivity contribution >= 4 is 51.4 Å². The Kier molecular flexibility index (Phi) is 6.12. The van der Waals surface area contributed by atoms with E-state index in [1.54, 1.807) is 11.8 Å². The van der Waals surface area contributed by atoms with Gasteiger partial charge in [0, 0.05) is 11.8 Å². The summed E-state index contributed by atoms with van der Waals surface area (Å²) in [7, 11) is 0. The van der Waals surface area contributed by atoms with Gasteiger partial charge in [-0.05, 0) is 30.7 Å². The number of hydrogen-bond acceptors (Lipinski definition) is 10. The molecule has 5 atom stereocenters. The summed E-state index contributed by atoms with van der Waals surface area (Å²) in [5.41, 5.74) is 2.68. The Morgan fingerprint density at radius 3 is 2.82 bits per heavy atom. The van der Waals surface area contributed by atoms with E-state index in [1.807, 2.05) is 31.2 Å². The van der Waals surface area contributed by atoms with Gasteiger partial charge in [-0.15, -0.1) is 0 Å². The zero-order valence-electron chi connectivity index (χ0n) is 17.5. The van der Waals surface area contributed by atoms with Crippen molar-refractivity contribution in [1.29, 1.82) is 0 Å². The van der Waals surface area contributed by atoms with E-state index in [0.717, 1.165) is 16.2 Å². The summed E-state index contributed by atoms with van der Waals surface area (Å²) in [5.74, 6) is 1.13. The van der Waals surface area contributed by atoms with Crippen molar-refractivity contribution in [2.24, 2.45) is 0 Å². The summed E-state index contributed by atoms with van der Waals surface area (Å²) in [5, 5.41) is 33.9. The number of imidazole rings is 2. The van der Waals surface area contributed by atoms with Gasteiger partial charge < -0.3 is 30.4 Å². The van der Waals surface area contributed by atoms with Crippen molar-refractivity contribution in [3.8, 4) is 0 Å². The van der Waals surface area contributed by atoms with Crippen LogP contribution in [0.25, 0.3) is 22.2 Å². The molecule has 0 amide bonds. The molecule has 4 heterocycles. The highest BCUT2D eigenvalue weighted by Crippen LogP contribution is 2.33. The first-order valence-electron chi connectivity index (χ1n) is 10.3. The van der Waals surface area contributed by atoms with Crippen molar-refractivity contribution < 1.29 is 20.1 Å². The summed E-state index contributed by atoms with van der Waals surface area (Å²) in [6.07, 6.45) is -2.93. The molecule has 0 spiro atoms. The maximum Gasteiger partial charge on any atom is 0.226 e. The lowest BCUT2D eigenvalue weighted by atomic mass is 10.1. The Morgan fingerprint density at radius 1 is 1.24 bits per heavy atom. The van der Waals surface area contributed by atoms with E-state index in [2.05, 4.69) is 30.2 Å². The second kappa shape index (κ2) is 9.05. The molecule has 0 aliphatic carbocycles. The molecule has 1 saturated heterocycles. The van der Waals surface area contributed by atoms with Gasteiger partial charge in [0.2, 0.25) is 5.28 Å². The molecule has 5 rings (SSSR count). The number of anilines is 1. The van der Waals surface area contributed by atoms with Crippen LogP contribution in [0.1, 0.15) is 13.2 Å². The topological polar surface area (TPSA) is 154 Å². The number of fused-ring (bicyclic) bond motifs is 2. The summed E-state index contributed by atoms with van der Waals surface area (Å²) in [4.78, 5) is 20.7. The molecule has 0 radical (unpaired) electrons. The third-order valence-corrected chi connectivity index (χ3v) is 6.71. The van der Waals surface area contributed by atoms with E-state index < -0.39 is 31.1 Å². The highest BCUT2D eigenvalue weighted by molar-refractivity contribution is 7.99. The third kappa shape index (κ3) is 4.25. The van der Waals surface area contributed by atoms with Gasteiger partial charge in [-0.2, -0.15) is 9.97 Å². The molecule has 1 aliphatic heterocycles. The average Bonchev–Trinajstić information content (AvgIpc) is 3.48. The van der Waals surface area contributed by atoms with E-state index in [1.165, 1.54) is 10.9 Å². The summed E-state index contributed by atoms with van der Waals surface area (Å²) >= 11 is 7.74. The molecule has 3 aromatic heterocycles. The Hall–Kier alpha value is -2.48. The average molecular weight is 492 g/mol. The van der Waals surface area contributed by atoms with Crippen LogP contribution in [-0.4, -0.2) is 81.5 Å². The summed E-state index contributed by atoms with van der Waals surface area (Å²) in [6, 6.07) is 7.83. The second-order valence-electron chi connectivity index (χ2n) is 7.81. The van der Waals surface area contributed by atoms with E-state index >= 15 is 0 Å². The lowest BCUT2D eigenvalue weighted by molar-refractivity contribution is -0.0511. The lowest BCUT2D eigenvalue weighted by Gasteiger charge is -2.17. The monoisotopic (exact) mass is 491 g/mol. The van der Waals surface area contributed by atoms with Crippen LogP contribution < -0.4 is 5.32 Å². The predicted molar refractivity (Wildman–Crippen MR) is 123 cm³/mol. The zero-order chi connectivity index (χ0) is 23.1. The second-order valence-corrected chi connectivity index (χ2v) is 9.16. The molecule has 0 bridgehead atoms. The van der Waals surface area contributed by atoms with Gasteiger partial charge in [0.25, 0.3) is 0 Å². The number of ether oxygens (including phenoxy) is 1. The first kappa shape index (κ1) is 22.3. The Bertz CT molecular complexity index is 1250. The molecule has 0 saturated carbocycles. The fraction of sp³-hybridized carbons (Fsp3) is 0.400. The van der Waals surface area contributed by atoms with E-state index in [9.17, 15) is 15.3 Å². The van der Waals surface area contributed by atoms with Crippen molar-refractivity contribution in [3.05, 3.63) is 35.9 Å². The number of aromatic nitrogens is 6. The molecule has 13 heteroatoms. The van der Waals surface area contributed by atoms with Crippen LogP contribution >= 0.6 is 23.4 Å².